The van der Waals surface area contributed by atoms with Crippen molar-refractivity contribution in [3.63, 3.8) is 0 Å². The molecule has 0 radical (unpaired) electrons. The molecule has 13 heavy (non-hydrogen) atoms. The van der Waals surface area contributed by atoms with Gasteiger partial charge in [-0.3, -0.25) is 0 Å². The molecule has 0 aliphatic heterocycles. The van der Waals surface area contributed by atoms with E-state index >= 15 is 0 Å². The number of alkyl halides is 1. The maximum absolute atomic E-state index is 10.4. The molecule has 0 aromatic heterocycles. The zero-order valence-corrected chi connectivity index (χ0v) is 7.92. The Morgan fingerprint density at radius 1 is 1.62 bits per heavy atom. The van der Waals surface area contributed by atoms with Crippen LogP contribution < -0.4 is 11.2 Å². The number of nitrogens with two attached hydrogens (primary N) is 1. The number of fused-ring (bicyclic) bond motifs is 2. The lowest BCUT2D eigenvalue weighted by Crippen LogP contribution is -2.27. The van der Waals surface area contributed by atoms with Crippen LogP contribution >= 0.6 is 11.6 Å². The van der Waals surface area contributed by atoms with E-state index in [9.17, 15) is 4.79 Å². The Kier molecular flexibility index (Phi) is 2.15. The molecule has 2 aliphatic rings. The van der Waals surface area contributed by atoms with Crippen LogP contribution in [0.5, 0.6) is 0 Å². The fourth-order valence-corrected chi connectivity index (χ4v) is 2.77. The molecule has 5 heteroatoms. The minimum atomic E-state index is -0.610. The van der Waals surface area contributed by atoms with Crippen LogP contribution in [0.1, 0.15) is 19.3 Å². The van der Waals surface area contributed by atoms with Crippen LogP contribution in [0.3, 0.4) is 0 Å². The molecule has 72 valence electrons. The van der Waals surface area contributed by atoms with Crippen LogP contribution in [0.2, 0.25) is 0 Å². The summed E-state index contributed by atoms with van der Waals surface area (Å²) < 4.78 is 0. The first kappa shape index (κ1) is 8.81. The van der Waals surface area contributed by atoms with E-state index in [0.717, 1.165) is 18.6 Å². The van der Waals surface area contributed by atoms with Gasteiger partial charge in [-0.2, -0.15) is 5.10 Å². The van der Waals surface area contributed by atoms with Gasteiger partial charge in [0.15, 0.2) is 0 Å². The molecule has 2 fully saturated rings. The van der Waals surface area contributed by atoms with Crippen molar-refractivity contribution in [3.8, 4) is 0 Å². The number of nitrogens with zero attached hydrogens (tertiary/aromatic N) is 1. The Labute approximate surface area is 81.5 Å². The van der Waals surface area contributed by atoms with E-state index < -0.39 is 6.03 Å². The molecule has 2 rings (SSSR count). The number of carbonyl (C=O) groups is 1. The van der Waals surface area contributed by atoms with Crippen LogP contribution in [0.15, 0.2) is 5.10 Å². The van der Waals surface area contributed by atoms with E-state index in [1.165, 1.54) is 6.42 Å². The fourth-order valence-electron chi connectivity index (χ4n) is 2.28. The molecule has 0 heterocycles. The lowest BCUT2D eigenvalue weighted by atomic mass is 9.99. The topological polar surface area (TPSA) is 67.5 Å². The minimum Gasteiger partial charge on any atom is -0.350 e. The first-order valence-electron chi connectivity index (χ1n) is 4.44. The Balaban J connectivity index is 2.04. The van der Waals surface area contributed by atoms with Gasteiger partial charge >= 0.3 is 6.03 Å². The van der Waals surface area contributed by atoms with Crippen LogP contribution in [-0.4, -0.2) is 17.1 Å². The zero-order chi connectivity index (χ0) is 9.42. The van der Waals surface area contributed by atoms with Gasteiger partial charge < -0.3 is 5.73 Å². The highest BCUT2D eigenvalue weighted by molar-refractivity contribution is 6.24. The molecule has 0 aromatic rings. The highest BCUT2D eigenvalue weighted by atomic mass is 35.5. The van der Waals surface area contributed by atoms with E-state index in [0.29, 0.717) is 11.8 Å². The molecule has 2 bridgehead atoms. The van der Waals surface area contributed by atoms with E-state index in [-0.39, 0.29) is 5.38 Å². The van der Waals surface area contributed by atoms with Crippen LogP contribution in [0.25, 0.3) is 0 Å². The average Bonchev–Trinajstić information content (AvgIpc) is 2.58. The third-order valence-electron chi connectivity index (χ3n) is 2.89. The standard InChI is InChI=1S/C8H12ClN3O/c9-7-4-1-2-5(7)6(3-4)11-12-8(10)13/h4-5,7H,1-3H2,(H3,10,12,13)/b11-6+. The molecule has 2 aliphatic carbocycles. The van der Waals surface area contributed by atoms with E-state index in [1.54, 1.807) is 0 Å². The summed E-state index contributed by atoms with van der Waals surface area (Å²) in [5, 5.41) is 4.18. The summed E-state index contributed by atoms with van der Waals surface area (Å²) in [4.78, 5) is 10.4. The monoisotopic (exact) mass is 201 g/mol. The zero-order valence-electron chi connectivity index (χ0n) is 7.16. The average molecular weight is 202 g/mol. The smallest absolute Gasteiger partial charge is 0.332 e. The number of hydrogen-bond acceptors (Lipinski definition) is 2. The third kappa shape index (κ3) is 1.50. The molecular formula is C8H12ClN3O. The van der Waals surface area contributed by atoms with Gasteiger partial charge in [-0.15, -0.1) is 11.6 Å². The van der Waals surface area contributed by atoms with Crippen molar-refractivity contribution >= 4 is 23.3 Å². The largest absolute Gasteiger partial charge is 0.350 e. The Morgan fingerprint density at radius 2 is 2.38 bits per heavy atom. The van der Waals surface area contributed by atoms with Gasteiger partial charge in [0.05, 0.1) is 0 Å². The van der Waals surface area contributed by atoms with Crippen molar-refractivity contribution in [2.75, 3.05) is 0 Å². The maximum Gasteiger partial charge on any atom is 0.332 e. The summed E-state index contributed by atoms with van der Waals surface area (Å²) in [5.74, 6) is 0.915. The summed E-state index contributed by atoms with van der Waals surface area (Å²) in [6, 6.07) is -0.610. The first-order valence-corrected chi connectivity index (χ1v) is 4.88. The fraction of sp³-hybridized carbons (Fsp3) is 0.750. The summed E-state index contributed by atoms with van der Waals surface area (Å²) in [5.41, 5.74) is 8.18. The molecule has 3 atom stereocenters. The number of rotatable bonds is 1. The third-order valence-corrected chi connectivity index (χ3v) is 3.55. The second kappa shape index (κ2) is 3.18. The molecule has 0 spiro atoms. The van der Waals surface area contributed by atoms with Crippen molar-refractivity contribution in [2.24, 2.45) is 22.7 Å². The Bertz CT molecular complexity index is 266. The predicted octanol–water partition coefficient (Wildman–Crippen LogP) is 1.05. The summed E-state index contributed by atoms with van der Waals surface area (Å²) >= 11 is 6.16. The van der Waals surface area contributed by atoms with Gasteiger partial charge in [0.1, 0.15) is 0 Å². The van der Waals surface area contributed by atoms with Gasteiger partial charge in [0, 0.05) is 17.0 Å². The number of urea groups is 1. The highest BCUT2D eigenvalue weighted by Gasteiger charge is 2.45. The molecule has 2 amide bonds. The molecule has 2 saturated carbocycles. The van der Waals surface area contributed by atoms with E-state index in [4.69, 9.17) is 17.3 Å². The Hall–Kier alpha value is -0.770. The van der Waals surface area contributed by atoms with Crippen LogP contribution in [0, 0.1) is 11.8 Å². The van der Waals surface area contributed by atoms with Gasteiger partial charge in [-0.25, -0.2) is 10.2 Å². The molecule has 0 saturated heterocycles. The predicted molar refractivity (Wildman–Crippen MR) is 50.6 cm³/mol. The molecule has 3 unspecified atom stereocenters. The van der Waals surface area contributed by atoms with Crippen LogP contribution in [-0.2, 0) is 0 Å². The lowest BCUT2D eigenvalue weighted by Gasteiger charge is -2.10. The molecular weight excluding hydrogens is 190 g/mol. The van der Waals surface area contributed by atoms with Gasteiger partial charge in [0.25, 0.3) is 0 Å². The second-order valence-corrected chi connectivity index (χ2v) is 4.18. The van der Waals surface area contributed by atoms with Crippen molar-refractivity contribution in [1.82, 2.24) is 5.43 Å². The van der Waals surface area contributed by atoms with E-state index in [1.807, 2.05) is 0 Å². The molecule has 3 N–H and O–H groups in total. The summed E-state index contributed by atoms with van der Waals surface area (Å²) in [6.45, 7) is 0. The quantitative estimate of drug-likeness (QED) is 0.483. The number of hydrazone groups is 1. The summed E-state index contributed by atoms with van der Waals surface area (Å²) in [6.07, 6.45) is 3.20. The minimum absolute atomic E-state index is 0.216. The first-order chi connectivity index (χ1) is 6.18. The second-order valence-electron chi connectivity index (χ2n) is 3.67. The van der Waals surface area contributed by atoms with Gasteiger partial charge in [-0.1, -0.05) is 0 Å². The Morgan fingerprint density at radius 3 is 2.85 bits per heavy atom. The van der Waals surface area contributed by atoms with Crippen molar-refractivity contribution in [3.05, 3.63) is 0 Å². The highest BCUT2D eigenvalue weighted by Crippen LogP contribution is 2.45. The van der Waals surface area contributed by atoms with Crippen molar-refractivity contribution < 1.29 is 4.79 Å². The number of hydrogen-bond donors (Lipinski definition) is 2. The van der Waals surface area contributed by atoms with Crippen molar-refractivity contribution in [2.45, 2.75) is 24.6 Å². The normalized spacial score (nSPS) is 39.8. The summed E-state index contributed by atoms with van der Waals surface area (Å²) in [7, 11) is 0. The molecule has 0 aromatic carbocycles. The van der Waals surface area contributed by atoms with Gasteiger partial charge in [0.2, 0.25) is 0 Å². The number of carbonyl (C=O) groups excluding carboxylic acids is 1. The number of halogens is 1. The van der Waals surface area contributed by atoms with Crippen molar-refractivity contribution in [1.29, 1.82) is 0 Å². The maximum atomic E-state index is 10.4. The molecule has 4 nitrogen and oxygen atoms in total. The number of nitrogens with one attached hydrogen (secondary N) is 1. The van der Waals surface area contributed by atoms with Crippen LogP contribution in [0.4, 0.5) is 4.79 Å². The number of primary amides is 1. The number of amides is 2. The van der Waals surface area contributed by atoms with Gasteiger partial charge in [-0.05, 0) is 25.2 Å². The van der Waals surface area contributed by atoms with E-state index in [2.05, 4.69) is 10.5 Å². The lowest BCUT2D eigenvalue weighted by molar-refractivity contribution is 0.249. The SMILES string of the molecule is NC(=O)N/N=C1\CC2CCC1C2Cl.